The van der Waals surface area contributed by atoms with E-state index in [-0.39, 0.29) is 30.6 Å². The van der Waals surface area contributed by atoms with Gasteiger partial charge in [0.2, 0.25) is 11.8 Å². The molecule has 1 saturated carbocycles. The van der Waals surface area contributed by atoms with Crippen LogP contribution in [0.5, 0.6) is 0 Å². The summed E-state index contributed by atoms with van der Waals surface area (Å²) in [6.45, 7) is 0.666. The van der Waals surface area contributed by atoms with Crippen LogP contribution in [-0.4, -0.2) is 38.0 Å². The van der Waals surface area contributed by atoms with E-state index in [4.69, 9.17) is 4.52 Å². The molecule has 2 aliphatic rings. The van der Waals surface area contributed by atoms with E-state index >= 15 is 0 Å². The lowest BCUT2D eigenvalue weighted by molar-refractivity contribution is -0.130. The molecule has 9 nitrogen and oxygen atoms in total. The standard InChI is InChI=1S/C19H24N6O3/c26-17-6-5-15(25(17)12-13-7-9-20-10-8-13)18-23-16(24-28-18)11-21-19(27)22-14-3-1-2-4-14/h7-10,14-15H,1-6,11-12H2,(H2,21,22,27)/t15-/m0/s1. The van der Waals surface area contributed by atoms with Crippen LogP contribution in [0.1, 0.15) is 61.8 Å². The summed E-state index contributed by atoms with van der Waals surface area (Å²) < 4.78 is 5.39. The molecule has 2 aromatic heterocycles. The van der Waals surface area contributed by atoms with Crippen LogP contribution in [-0.2, 0) is 17.9 Å². The number of hydrogen-bond donors (Lipinski definition) is 2. The highest BCUT2D eigenvalue weighted by Gasteiger charge is 2.35. The number of hydrogen-bond acceptors (Lipinski definition) is 6. The molecule has 1 saturated heterocycles. The molecule has 2 fully saturated rings. The molecular formula is C19H24N6O3. The molecule has 2 N–H and O–H groups in total. The van der Waals surface area contributed by atoms with Gasteiger partial charge in [-0.15, -0.1) is 0 Å². The van der Waals surface area contributed by atoms with Crippen molar-refractivity contribution in [2.24, 2.45) is 0 Å². The van der Waals surface area contributed by atoms with E-state index in [2.05, 4.69) is 25.8 Å². The first-order valence-corrected chi connectivity index (χ1v) is 9.74. The van der Waals surface area contributed by atoms with Crippen LogP contribution in [0.2, 0.25) is 0 Å². The van der Waals surface area contributed by atoms with Gasteiger partial charge in [0.15, 0.2) is 5.82 Å². The molecule has 0 unspecified atom stereocenters. The highest BCUT2D eigenvalue weighted by Crippen LogP contribution is 2.33. The van der Waals surface area contributed by atoms with E-state index in [0.717, 1.165) is 31.2 Å². The summed E-state index contributed by atoms with van der Waals surface area (Å²) in [5.74, 6) is 0.878. The van der Waals surface area contributed by atoms with Gasteiger partial charge >= 0.3 is 6.03 Å². The fraction of sp³-hybridized carbons (Fsp3) is 0.526. The zero-order valence-corrected chi connectivity index (χ0v) is 15.6. The Hall–Kier alpha value is -2.97. The monoisotopic (exact) mass is 384 g/mol. The number of pyridine rings is 1. The first-order valence-electron chi connectivity index (χ1n) is 9.74. The van der Waals surface area contributed by atoms with Gasteiger partial charge in [-0.05, 0) is 37.0 Å². The van der Waals surface area contributed by atoms with Gasteiger partial charge in [0.25, 0.3) is 0 Å². The average molecular weight is 384 g/mol. The maximum atomic E-state index is 12.3. The van der Waals surface area contributed by atoms with Crippen molar-refractivity contribution < 1.29 is 14.1 Å². The van der Waals surface area contributed by atoms with Crippen molar-refractivity contribution in [3.8, 4) is 0 Å². The van der Waals surface area contributed by atoms with E-state index < -0.39 is 0 Å². The van der Waals surface area contributed by atoms with E-state index in [1.807, 2.05) is 12.1 Å². The Morgan fingerprint density at radius 1 is 1.21 bits per heavy atom. The summed E-state index contributed by atoms with van der Waals surface area (Å²) in [6.07, 6.45) is 8.89. The molecule has 0 bridgehead atoms. The van der Waals surface area contributed by atoms with Crippen LogP contribution in [0, 0.1) is 0 Å². The Morgan fingerprint density at radius 3 is 2.79 bits per heavy atom. The third-order valence-electron chi connectivity index (χ3n) is 5.30. The van der Waals surface area contributed by atoms with Gasteiger partial charge in [-0.25, -0.2) is 4.79 Å². The number of likely N-dealkylation sites (tertiary alicyclic amines) is 1. The van der Waals surface area contributed by atoms with Gasteiger partial charge in [0, 0.05) is 31.4 Å². The maximum Gasteiger partial charge on any atom is 0.315 e. The number of aromatic nitrogens is 3. The van der Waals surface area contributed by atoms with E-state index in [1.165, 1.54) is 0 Å². The van der Waals surface area contributed by atoms with Gasteiger partial charge in [-0.2, -0.15) is 4.98 Å². The predicted molar refractivity (Wildman–Crippen MR) is 98.7 cm³/mol. The Bertz CT molecular complexity index is 818. The molecule has 3 heterocycles. The Balaban J connectivity index is 1.34. The Labute approximate surface area is 162 Å². The normalized spacial score (nSPS) is 19.9. The summed E-state index contributed by atoms with van der Waals surface area (Å²) in [5, 5.41) is 9.68. The second-order valence-electron chi connectivity index (χ2n) is 7.29. The molecule has 1 atom stereocenters. The van der Waals surface area contributed by atoms with Gasteiger partial charge in [-0.1, -0.05) is 18.0 Å². The average Bonchev–Trinajstić information content (AvgIpc) is 3.44. The first kappa shape index (κ1) is 18.4. The number of urea groups is 1. The van der Waals surface area contributed by atoms with Crippen LogP contribution in [0.4, 0.5) is 4.79 Å². The highest BCUT2D eigenvalue weighted by molar-refractivity contribution is 5.78. The lowest BCUT2D eigenvalue weighted by atomic mass is 10.2. The highest BCUT2D eigenvalue weighted by atomic mass is 16.5. The summed E-state index contributed by atoms with van der Waals surface area (Å²) in [4.78, 5) is 34.4. The Morgan fingerprint density at radius 2 is 2.00 bits per heavy atom. The SMILES string of the molecule is O=C(NCc1noc([C@@H]2CCC(=O)N2Cc2ccncc2)n1)NC1CCCC1. The summed E-state index contributed by atoms with van der Waals surface area (Å²) in [6, 6.07) is 3.57. The number of amides is 3. The van der Waals surface area contributed by atoms with E-state index in [0.29, 0.717) is 31.1 Å². The molecule has 3 amide bonds. The molecule has 2 aromatic rings. The third kappa shape index (κ3) is 4.29. The second-order valence-corrected chi connectivity index (χ2v) is 7.29. The predicted octanol–water partition coefficient (Wildman–Crippen LogP) is 2.07. The smallest absolute Gasteiger partial charge is 0.315 e. The summed E-state index contributed by atoms with van der Waals surface area (Å²) in [5.41, 5.74) is 1.00. The number of nitrogens with one attached hydrogen (secondary N) is 2. The van der Waals surface area contributed by atoms with Crippen LogP contribution < -0.4 is 10.6 Å². The van der Waals surface area contributed by atoms with Crippen LogP contribution >= 0.6 is 0 Å². The van der Waals surface area contributed by atoms with Crippen LogP contribution in [0.3, 0.4) is 0 Å². The lowest BCUT2D eigenvalue weighted by Crippen LogP contribution is -2.40. The first-order chi connectivity index (χ1) is 13.7. The minimum atomic E-state index is -0.241. The summed E-state index contributed by atoms with van der Waals surface area (Å²) in [7, 11) is 0. The maximum absolute atomic E-state index is 12.3. The van der Waals surface area contributed by atoms with Crippen molar-refractivity contribution in [2.75, 3.05) is 0 Å². The van der Waals surface area contributed by atoms with Crippen LogP contribution in [0.15, 0.2) is 29.0 Å². The van der Waals surface area contributed by atoms with E-state index in [9.17, 15) is 9.59 Å². The third-order valence-corrected chi connectivity index (χ3v) is 5.30. The van der Waals surface area contributed by atoms with Gasteiger partial charge in [0.1, 0.15) is 6.04 Å². The van der Waals surface area contributed by atoms with Crippen molar-refractivity contribution in [2.45, 2.75) is 63.7 Å². The van der Waals surface area contributed by atoms with Crippen molar-refractivity contribution in [3.05, 3.63) is 41.8 Å². The molecule has 28 heavy (non-hydrogen) atoms. The molecule has 4 rings (SSSR count). The van der Waals surface area contributed by atoms with Crippen molar-refractivity contribution >= 4 is 11.9 Å². The molecule has 0 aromatic carbocycles. The fourth-order valence-electron chi connectivity index (χ4n) is 3.81. The minimum Gasteiger partial charge on any atom is -0.337 e. The largest absolute Gasteiger partial charge is 0.337 e. The van der Waals surface area contributed by atoms with Crippen molar-refractivity contribution in [1.82, 2.24) is 30.7 Å². The molecule has 0 spiro atoms. The molecule has 1 aliphatic carbocycles. The van der Waals surface area contributed by atoms with Gasteiger partial charge in [0.05, 0.1) is 6.54 Å². The quantitative estimate of drug-likeness (QED) is 0.788. The topological polar surface area (TPSA) is 113 Å². The van der Waals surface area contributed by atoms with Crippen molar-refractivity contribution in [3.63, 3.8) is 0 Å². The fourth-order valence-corrected chi connectivity index (χ4v) is 3.81. The second kappa shape index (κ2) is 8.37. The Kier molecular flexibility index (Phi) is 5.50. The van der Waals surface area contributed by atoms with Crippen molar-refractivity contribution in [1.29, 1.82) is 0 Å². The molecule has 1 aliphatic heterocycles. The number of nitrogens with zero attached hydrogens (tertiary/aromatic N) is 4. The van der Waals surface area contributed by atoms with Gasteiger partial charge in [-0.3, -0.25) is 9.78 Å². The minimum absolute atomic E-state index is 0.0654. The molecule has 9 heteroatoms. The lowest BCUT2D eigenvalue weighted by Gasteiger charge is -2.21. The summed E-state index contributed by atoms with van der Waals surface area (Å²) >= 11 is 0. The van der Waals surface area contributed by atoms with Gasteiger partial charge < -0.3 is 20.1 Å². The molecule has 148 valence electrons. The number of carbonyl (C=O) groups excluding carboxylic acids is 2. The zero-order chi connectivity index (χ0) is 19.3. The number of carbonyl (C=O) groups is 2. The zero-order valence-electron chi connectivity index (χ0n) is 15.6. The van der Waals surface area contributed by atoms with E-state index in [1.54, 1.807) is 17.3 Å². The number of rotatable bonds is 6. The molecular weight excluding hydrogens is 360 g/mol. The van der Waals surface area contributed by atoms with Crippen LogP contribution in [0.25, 0.3) is 0 Å². The molecule has 0 radical (unpaired) electrons.